The highest BCUT2D eigenvalue weighted by Gasteiger charge is 1.99. The Bertz CT molecular complexity index is 221. The Morgan fingerprint density at radius 1 is 1.23 bits per heavy atom. The summed E-state index contributed by atoms with van der Waals surface area (Å²) in [4.78, 5) is 4.43. The monoisotopic (exact) mass is 177 g/mol. The van der Waals surface area contributed by atoms with Crippen LogP contribution in [0, 0.1) is 5.92 Å². The van der Waals surface area contributed by atoms with Gasteiger partial charge in [0.1, 0.15) is 0 Å². The van der Waals surface area contributed by atoms with Crippen LogP contribution in [-0.2, 0) is 0 Å². The SMILES string of the molecule is CC(C)C1=C/CCCC/C=C/C=N\1. The van der Waals surface area contributed by atoms with Crippen molar-refractivity contribution in [3.05, 3.63) is 23.9 Å². The third kappa shape index (κ3) is 4.07. The van der Waals surface area contributed by atoms with Crippen molar-refractivity contribution in [3.63, 3.8) is 0 Å². The maximum atomic E-state index is 4.43. The molecule has 1 rings (SSSR count). The van der Waals surface area contributed by atoms with E-state index in [0.29, 0.717) is 5.92 Å². The predicted octanol–water partition coefficient (Wildman–Crippen LogP) is 3.73. The highest BCUT2D eigenvalue weighted by molar-refractivity contribution is 5.72. The summed E-state index contributed by atoms with van der Waals surface area (Å²) in [6.45, 7) is 4.39. The van der Waals surface area contributed by atoms with Crippen LogP contribution in [0.2, 0.25) is 0 Å². The average molecular weight is 177 g/mol. The van der Waals surface area contributed by atoms with E-state index in [1.54, 1.807) is 0 Å². The molecule has 72 valence electrons. The summed E-state index contributed by atoms with van der Waals surface area (Å²) in [5, 5.41) is 0. The van der Waals surface area contributed by atoms with E-state index in [0.717, 1.165) is 0 Å². The Balaban J connectivity index is 2.66. The van der Waals surface area contributed by atoms with Gasteiger partial charge in [-0.15, -0.1) is 0 Å². The molecule has 0 saturated carbocycles. The molecule has 0 unspecified atom stereocenters. The maximum absolute atomic E-state index is 4.43. The second-order valence-corrected chi connectivity index (χ2v) is 3.77. The largest absolute Gasteiger partial charge is 0.261 e. The van der Waals surface area contributed by atoms with Gasteiger partial charge in [0, 0.05) is 11.9 Å². The van der Waals surface area contributed by atoms with Gasteiger partial charge >= 0.3 is 0 Å². The molecule has 1 aliphatic heterocycles. The van der Waals surface area contributed by atoms with Crippen LogP contribution in [0.25, 0.3) is 0 Å². The fraction of sp³-hybridized carbons (Fsp3) is 0.583. The van der Waals surface area contributed by atoms with Gasteiger partial charge in [0.25, 0.3) is 0 Å². The van der Waals surface area contributed by atoms with Crippen molar-refractivity contribution in [1.82, 2.24) is 0 Å². The van der Waals surface area contributed by atoms with Gasteiger partial charge in [-0.1, -0.05) is 26.0 Å². The highest BCUT2D eigenvalue weighted by atomic mass is 14.7. The number of aliphatic imine (C=N–C) groups is 1. The summed E-state index contributed by atoms with van der Waals surface area (Å²) >= 11 is 0. The smallest absolute Gasteiger partial charge is 0.0389 e. The van der Waals surface area contributed by atoms with E-state index in [-0.39, 0.29) is 0 Å². The Labute approximate surface area is 81.3 Å². The third-order valence-electron chi connectivity index (χ3n) is 2.22. The Morgan fingerprint density at radius 2 is 2.00 bits per heavy atom. The van der Waals surface area contributed by atoms with Crippen LogP contribution in [-0.4, -0.2) is 6.21 Å². The maximum Gasteiger partial charge on any atom is 0.0389 e. The van der Waals surface area contributed by atoms with E-state index < -0.39 is 0 Å². The number of allylic oxidation sites excluding steroid dienone is 4. The molecule has 0 amide bonds. The van der Waals surface area contributed by atoms with Gasteiger partial charge in [-0.05, 0) is 37.7 Å². The van der Waals surface area contributed by atoms with E-state index in [4.69, 9.17) is 0 Å². The molecule has 0 radical (unpaired) electrons. The summed E-state index contributed by atoms with van der Waals surface area (Å²) < 4.78 is 0. The zero-order valence-corrected chi connectivity index (χ0v) is 8.66. The molecule has 0 aromatic rings. The van der Waals surface area contributed by atoms with Gasteiger partial charge in [0.05, 0.1) is 0 Å². The standard InChI is InChI=1S/C12H19N/c1-11(2)12-9-7-5-3-4-6-8-10-13-12/h6,8-11H,3-5,7H2,1-2H3/b8-6+,12-9-,13-10-. The zero-order valence-electron chi connectivity index (χ0n) is 8.66. The van der Waals surface area contributed by atoms with Crippen LogP contribution >= 0.6 is 0 Å². The van der Waals surface area contributed by atoms with E-state index in [9.17, 15) is 0 Å². The first-order chi connectivity index (χ1) is 6.30. The van der Waals surface area contributed by atoms with Crippen molar-refractivity contribution in [2.75, 3.05) is 0 Å². The first kappa shape index (κ1) is 10.2. The molecule has 1 nitrogen and oxygen atoms in total. The highest BCUT2D eigenvalue weighted by Crippen LogP contribution is 2.14. The lowest BCUT2D eigenvalue weighted by molar-refractivity contribution is 0.722. The van der Waals surface area contributed by atoms with Gasteiger partial charge in [-0.3, -0.25) is 4.99 Å². The molecule has 0 N–H and O–H groups in total. The lowest BCUT2D eigenvalue weighted by atomic mass is 10.1. The summed E-state index contributed by atoms with van der Waals surface area (Å²) in [5.74, 6) is 0.545. The van der Waals surface area contributed by atoms with Crippen LogP contribution in [0.4, 0.5) is 0 Å². The van der Waals surface area contributed by atoms with Crippen molar-refractivity contribution in [3.8, 4) is 0 Å². The van der Waals surface area contributed by atoms with Gasteiger partial charge in [-0.25, -0.2) is 0 Å². The van der Waals surface area contributed by atoms with Crippen molar-refractivity contribution in [2.45, 2.75) is 39.5 Å². The van der Waals surface area contributed by atoms with Crippen LogP contribution in [0.1, 0.15) is 39.5 Å². The summed E-state index contributed by atoms with van der Waals surface area (Å²) in [7, 11) is 0. The predicted molar refractivity (Wildman–Crippen MR) is 59.0 cm³/mol. The first-order valence-corrected chi connectivity index (χ1v) is 5.20. The molecular weight excluding hydrogens is 158 g/mol. The molecule has 1 aliphatic rings. The van der Waals surface area contributed by atoms with Crippen LogP contribution in [0.5, 0.6) is 0 Å². The van der Waals surface area contributed by atoms with Gasteiger partial charge in [0.15, 0.2) is 0 Å². The second-order valence-electron chi connectivity index (χ2n) is 3.77. The van der Waals surface area contributed by atoms with Crippen molar-refractivity contribution in [1.29, 1.82) is 0 Å². The van der Waals surface area contributed by atoms with E-state index in [1.807, 2.05) is 6.21 Å². The molecule has 1 heterocycles. The quantitative estimate of drug-likeness (QED) is 0.578. The minimum Gasteiger partial charge on any atom is -0.261 e. The molecule has 0 aliphatic carbocycles. The molecule has 0 atom stereocenters. The molecule has 0 aromatic carbocycles. The fourth-order valence-corrected chi connectivity index (χ4v) is 1.38. The van der Waals surface area contributed by atoms with E-state index in [2.05, 4.69) is 37.1 Å². The average Bonchev–Trinajstić information content (AvgIpc) is 2.14. The van der Waals surface area contributed by atoms with Crippen LogP contribution < -0.4 is 0 Å². The number of hydrogen-bond donors (Lipinski definition) is 0. The van der Waals surface area contributed by atoms with Crippen LogP contribution in [0.3, 0.4) is 0 Å². The first-order valence-electron chi connectivity index (χ1n) is 5.20. The van der Waals surface area contributed by atoms with E-state index in [1.165, 1.54) is 31.4 Å². The van der Waals surface area contributed by atoms with Gasteiger partial charge < -0.3 is 0 Å². The molecule has 1 heteroatoms. The summed E-state index contributed by atoms with van der Waals surface area (Å²) in [6, 6.07) is 0. The van der Waals surface area contributed by atoms with Gasteiger partial charge in [0.2, 0.25) is 0 Å². The minimum absolute atomic E-state index is 0.545. The lowest BCUT2D eigenvalue weighted by Gasteiger charge is -2.06. The third-order valence-corrected chi connectivity index (χ3v) is 2.22. The van der Waals surface area contributed by atoms with E-state index >= 15 is 0 Å². The van der Waals surface area contributed by atoms with Crippen LogP contribution in [0.15, 0.2) is 28.9 Å². The Hall–Kier alpha value is -0.850. The number of nitrogens with zero attached hydrogens (tertiary/aromatic N) is 1. The molecule has 0 bridgehead atoms. The summed E-state index contributed by atoms with van der Waals surface area (Å²) in [6.07, 6.45) is 13.4. The lowest BCUT2D eigenvalue weighted by Crippen LogP contribution is -1.92. The summed E-state index contributed by atoms with van der Waals surface area (Å²) in [5.41, 5.74) is 1.23. The topological polar surface area (TPSA) is 12.4 Å². The second kappa shape index (κ2) is 5.74. The van der Waals surface area contributed by atoms with Crippen molar-refractivity contribution < 1.29 is 0 Å². The molecule has 13 heavy (non-hydrogen) atoms. The molecule has 0 saturated heterocycles. The number of rotatable bonds is 1. The minimum atomic E-state index is 0.545. The molecule has 0 spiro atoms. The Kier molecular flexibility index (Phi) is 4.52. The number of hydrogen-bond acceptors (Lipinski definition) is 1. The molecular formula is C12H19N. The Morgan fingerprint density at radius 3 is 2.77 bits per heavy atom. The fourth-order valence-electron chi connectivity index (χ4n) is 1.38. The normalized spacial score (nSPS) is 27.8. The van der Waals surface area contributed by atoms with Crippen molar-refractivity contribution >= 4 is 6.21 Å². The van der Waals surface area contributed by atoms with Crippen molar-refractivity contribution in [2.24, 2.45) is 10.9 Å². The molecule has 0 fully saturated rings. The van der Waals surface area contributed by atoms with Gasteiger partial charge in [-0.2, -0.15) is 0 Å². The molecule has 0 aromatic heterocycles. The zero-order chi connectivity index (χ0) is 9.52.